The van der Waals surface area contributed by atoms with E-state index in [0.29, 0.717) is 11.8 Å². The number of amides is 1. The summed E-state index contributed by atoms with van der Waals surface area (Å²) in [6, 6.07) is 7.66. The van der Waals surface area contributed by atoms with Crippen molar-refractivity contribution in [3.05, 3.63) is 24.3 Å². The summed E-state index contributed by atoms with van der Waals surface area (Å²) in [5.41, 5.74) is 0.739. The maximum absolute atomic E-state index is 11.0. The first-order valence-electron chi connectivity index (χ1n) is 7.94. The van der Waals surface area contributed by atoms with E-state index in [1.165, 1.54) is 6.92 Å². The van der Waals surface area contributed by atoms with Crippen LogP contribution in [0.15, 0.2) is 24.3 Å². The zero-order valence-electron chi connectivity index (χ0n) is 13.5. The number of benzene rings is 1. The van der Waals surface area contributed by atoms with E-state index in [1.807, 2.05) is 12.1 Å². The van der Waals surface area contributed by atoms with Crippen molar-refractivity contribution in [2.75, 3.05) is 5.32 Å². The Morgan fingerprint density at radius 3 is 2.55 bits per heavy atom. The third kappa shape index (κ3) is 4.71. The van der Waals surface area contributed by atoms with Crippen LogP contribution in [0.2, 0.25) is 0 Å². The molecule has 1 aromatic rings. The van der Waals surface area contributed by atoms with Crippen LogP contribution in [0.3, 0.4) is 0 Å². The van der Waals surface area contributed by atoms with Crippen LogP contribution in [-0.4, -0.2) is 35.3 Å². The van der Waals surface area contributed by atoms with Gasteiger partial charge in [0.25, 0.3) is 0 Å². The second-order valence-electron chi connectivity index (χ2n) is 6.21. The van der Waals surface area contributed by atoms with Crippen LogP contribution < -0.4 is 15.4 Å². The molecule has 0 unspecified atom stereocenters. The maximum atomic E-state index is 11.0. The van der Waals surface area contributed by atoms with Gasteiger partial charge in [-0.15, -0.1) is 0 Å². The Bertz CT molecular complexity index is 487. The number of carbonyl (C=O) groups is 1. The minimum absolute atomic E-state index is 0.0809. The van der Waals surface area contributed by atoms with Gasteiger partial charge in [-0.25, -0.2) is 0 Å². The summed E-state index contributed by atoms with van der Waals surface area (Å²) in [6.07, 6.45) is 2.16. The molecule has 1 fully saturated rings. The molecule has 1 aliphatic carbocycles. The molecule has 0 radical (unpaired) electrons. The molecule has 5 heteroatoms. The molecular weight excluding hydrogens is 280 g/mol. The van der Waals surface area contributed by atoms with Gasteiger partial charge in [0.2, 0.25) is 5.91 Å². The third-order valence-corrected chi connectivity index (χ3v) is 3.81. The molecule has 1 aliphatic rings. The number of hydrogen-bond acceptors (Lipinski definition) is 4. The van der Waals surface area contributed by atoms with Crippen LogP contribution >= 0.6 is 0 Å². The summed E-state index contributed by atoms with van der Waals surface area (Å²) in [5, 5.41) is 16.6. The number of hydrogen-bond donors (Lipinski definition) is 3. The average molecular weight is 306 g/mol. The summed E-state index contributed by atoms with van der Waals surface area (Å²) >= 11 is 0. The van der Waals surface area contributed by atoms with Gasteiger partial charge in [0.05, 0.1) is 0 Å². The minimum Gasteiger partial charge on any atom is -0.488 e. The first-order valence-corrected chi connectivity index (χ1v) is 7.94. The van der Waals surface area contributed by atoms with Crippen LogP contribution in [0, 0.1) is 0 Å². The van der Waals surface area contributed by atoms with Crippen molar-refractivity contribution in [3.8, 4) is 5.75 Å². The predicted molar refractivity (Wildman–Crippen MR) is 87.1 cm³/mol. The van der Waals surface area contributed by atoms with Crippen molar-refractivity contribution in [3.63, 3.8) is 0 Å². The van der Waals surface area contributed by atoms with Crippen molar-refractivity contribution in [1.29, 1.82) is 0 Å². The highest BCUT2D eigenvalue weighted by Gasteiger charge is 2.33. The second kappa shape index (κ2) is 7.61. The number of aliphatic hydroxyl groups excluding tert-OH is 1. The fraction of sp³-hybridized carbons (Fsp3) is 0.588. The highest BCUT2D eigenvalue weighted by Crippen LogP contribution is 2.25. The SMILES string of the molecule is CC(=O)Nc1ccc(O[C@H]2CCC[C@@H](NC(C)C)[C@@H]2O)cc1. The van der Waals surface area contributed by atoms with E-state index in [0.717, 1.165) is 24.9 Å². The fourth-order valence-electron chi connectivity index (χ4n) is 2.87. The number of rotatable bonds is 5. The fourth-order valence-corrected chi connectivity index (χ4v) is 2.87. The molecule has 0 spiro atoms. The number of ether oxygens (including phenoxy) is 1. The van der Waals surface area contributed by atoms with E-state index in [-0.39, 0.29) is 18.1 Å². The highest BCUT2D eigenvalue weighted by atomic mass is 16.5. The lowest BCUT2D eigenvalue weighted by atomic mass is 9.89. The molecular formula is C17H26N2O3. The lowest BCUT2D eigenvalue weighted by Gasteiger charge is -2.36. The number of carbonyl (C=O) groups excluding carboxylic acids is 1. The molecule has 0 bridgehead atoms. The molecule has 3 N–H and O–H groups in total. The van der Waals surface area contributed by atoms with E-state index in [1.54, 1.807) is 12.1 Å². The molecule has 1 amide bonds. The molecule has 0 heterocycles. The van der Waals surface area contributed by atoms with Gasteiger partial charge in [0.15, 0.2) is 0 Å². The molecule has 0 aromatic heterocycles. The summed E-state index contributed by atoms with van der Waals surface area (Å²) in [7, 11) is 0. The summed E-state index contributed by atoms with van der Waals surface area (Å²) < 4.78 is 5.94. The molecule has 2 rings (SSSR count). The van der Waals surface area contributed by atoms with Crippen molar-refractivity contribution >= 4 is 11.6 Å². The second-order valence-corrected chi connectivity index (χ2v) is 6.21. The van der Waals surface area contributed by atoms with E-state index >= 15 is 0 Å². The van der Waals surface area contributed by atoms with Gasteiger partial charge in [-0.05, 0) is 43.5 Å². The highest BCUT2D eigenvalue weighted by molar-refractivity contribution is 5.88. The molecule has 5 nitrogen and oxygen atoms in total. The Balaban J connectivity index is 1.95. The first-order chi connectivity index (χ1) is 10.5. The summed E-state index contributed by atoms with van der Waals surface area (Å²) in [6.45, 7) is 5.64. The van der Waals surface area contributed by atoms with Crippen molar-refractivity contribution in [2.45, 2.75) is 64.3 Å². The monoisotopic (exact) mass is 306 g/mol. The molecule has 0 saturated heterocycles. The van der Waals surface area contributed by atoms with Crippen LogP contribution in [0.1, 0.15) is 40.0 Å². The van der Waals surface area contributed by atoms with Gasteiger partial charge in [0.1, 0.15) is 18.0 Å². The lowest BCUT2D eigenvalue weighted by Crippen LogP contribution is -2.52. The number of anilines is 1. The molecule has 22 heavy (non-hydrogen) atoms. The summed E-state index contributed by atoms with van der Waals surface area (Å²) in [4.78, 5) is 11.0. The van der Waals surface area contributed by atoms with Crippen LogP contribution in [-0.2, 0) is 4.79 Å². The summed E-state index contributed by atoms with van der Waals surface area (Å²) in [5.74, 6) is 0.613. The van der Waals surface area contributed by atoms with Gasteiger partial charge in [-0.1, -0.05) is 13.8 Å². The molecule has 1 aromatic carbocycles. The average Bonchev–Trinajstić information content (AvgIpc) is 2.44. The van der Waals surface area contributed by atoms with Gasteiger partial charge >= 0.3 is 0 Å². The van der Waals surface area contributed by atoms with Gasteiger partial charge < -0.3 is 20.5 Å². The largest absolute Gasteiger partial charge is 0.488 e. The zero-order chi connectivity index (χ0) is 16.1. The zero-order valence-corrected chi connectivity index (χ0v) is 13.5. The Hall–Kier alpha value is -1.59. The van der Waals surface area contributed by atoms with Crippen LogP contribution in [0.4, 0.5) is 5.69 Å². The van der Waals surface area contributed by atoms with Crippen LogP contribution in [0.5, 0.6) is 5.75 Å². The van der Waals surface area contributed by atoms with Crippen LogP contribution in [0.25, 0.3) is 0 Å². The maximum Gasteiger partial charge on any atom is 0.221 e. The first kappa shape index (κ1) is 16.8. The van der Waals surface area contributed by atoms with Gasteiger partial charge in [-0.2, -0.15) is 0 Å². The molecule has 3 atom stereocenters. The third-order valence-electron chi connectivity index (χ3n) is 3.81. The smallest absolute Gasteiger partial charge is 0.221 e. The van der Waals surface area contributed by atoms with E-state index in [9.17, 15) is 9.90 Å². The topological polar surface area (TPSA) is 70.6 Å². The van der Waals surface area contributed by atoms with Gasteiger partial charge in [0, 0.05) is 24.7 Å². The minimum atomic E-state index is -0.508. The number of nitrogens with one attached hydrogen (secondary N) is 2. The molecule has 0 aliphatic heterocycles. The van der Waals surface area contributed by atoms with E-state index < -0.39 is 6.10 Å². The molecule has 122 valence electrons. The predicted octanol–water partition coefficient (Wildman–Crippen LogP) is 2.30. The van der Waals surface area contributed by atoms with E-state index in [4.69, 9.17) is 4.74 Å². The Morgan fingerprint density at radius 2 is 1.95 bits per heavy atom. The Morgan fingerprint density at radius 1 is 1.27 bits per heavy atom. The van der Waals surface area contributed by atoms with Crippen molar-refractivity contribution < 1.29 is 14.6 Å². The Kier molecular flexibility index (Phi) is 5.80. The normalized spacial score (nSPS) is 25.0. The Labute approximate surface area is 132 Å². The van der Waals surface area contributed by atoms with Crippen molar-refractivity contribution in [2.24, 2.45) is 0 Å². The molecule has 1 saturated carbocycles. The number of aliphatic hydroxyl groups is 1. The quantitative estimate of drug-likeness (QED) is 0.780. The van der Waals surface area contributed by atoms with Crippen molar-refractivity contribution in [1.82, 2.24) is 5.32 Å². The lowest BCUT2D eigenvalue weighted by molar-refractivity contribution is -0.114. The standard InChI is InChI=1S/C17H26N2O3/c1-11(2)18-15-5-4-6-16(17(15)21)22-14-9-7-13(8-10-14)19-12(3)20/h7-11,15-18,21H,4-6H2,1-3H3,(H,19,20)/t15-,16+,17+/m1/s1. The van der Waals surface area contributed by atoms with E-state index in [2.05, 4.69) is 24.5 Å². The van der Waals surface area contributed by atoms with Gasteiger partial charge in [-0.3, -0.25) is 4.79 Å².